The van der Waals surface area contributed by atoms with Crippen molar-refractivity contribution < 1.29 is 73.1 Å². The predicted octanol–water partition coefficient (Wildman–Crippen LogP) is -1.79. The van der Waals surface area contributed by atoms with Gasteiger partial charge >= 0.3 is 58.4 Å². The second kappa shape index (κ2) is 5.59. The number of hydrogen-bond donors (Lipinski definition) is 0. The molecular formula is C5H5BF5KN2. The molecule has 1 aromatic heterocycles. The Hall–Kier alpha value is 0.561. The Bertz CT molecular complexity index is 286. The predicted molar refractivity (Wildman–Crippen MR) is 36.9 cm³/mol. The minimum absolute atomic E-state index is 0. The maximum atomic E-state index is 12.0. The molecule has 0 atom stereocenters. The molecule has 0 radical (unpaired) electrons. The van der Waals surface area contributed by atoms with Gasteiger partial charge in [0.2, 0.25) is 0 Å². The molecular weight excluding hydrogens is 233 g/mol. The maximum Gasteiger partial charge on any atom is 1.00 e. The van der Waals surface area contributed by atoms with Crippen LogP contribution >= 0.6 is 0 Å². The number of alkyl halides is 2. The molecule has 14 heavy (non-hydrogen) atoms. The Morgan fingerprint density at radius 3 is 2.29 bits per heavy atom. The second-order valence-corrected chi connectivity index (χ2v) is 2.46. The van der Waals surface area contributed by atoms with Gasteiger partial charge in [0.25, 0.3) is 6.43 Å². The molecule has 0 amide bonds. The van der Waals surface area contributed by atoms with Crippen molar-refractivity contribution in [3.8, 4) is 0 Å². The molecule has 0 aliphatic heterocycles. The molecule has 0 aliphatic carbocycles. The number of halogens is 5. The molecule has 0 saturated carbocycles. The van der Waals surface area contributed by atoms with E-state index >= 15 is 0 Å². The van der Waals surface area contributed by atoms with Crippen LogP contribution in [0.2, 0.25) is 0 Å². The van der Waals surface area contributed by atoms with E-state index in [1.54, 1.807) is 0 Å². The van der Waals surface area contributed by atoms with Gasteiger partial charge in [-0.05, 0) is 6.20 Å². The SMILES string of the molecule is FC(F)Cn1cc([B-](F)(F)F)cn1.[K+]. The fraction of sp³-hybridized carbons (Fsp3) is 0.400. The minimum atomic E-state index is -5.14. The first-order valence-corrected chi connectivity index (χ1v) is 3.40. The van der Waals surface area contributed by atoms with Gasteiger partial charge in [-0.3, -0.25) is 4.68 Å². The summed E-state index contributed by atoms with van der Waals surface area (Å²) in [6.07, 6.45) is -1.58. The third-order valence-corrected chi connectivity index (χ3v) is 1.36. The average molecular weight is 238 g/mol. The summed E-state index contributed by atoms with van der Waals surface area (Å²) >= 11 is 0. The summed E-state index contributed by atoms with van der Waals surface area (Å²) < 4.78 is 59.8. The monoisotopic (exact) mass is 238 g/mol. The summed E-state index contributed by atoms with van der Waals surface area (Å²) in [6, 6.07) is 0. The van der Waals surface area contributed by atoms with Gasteiger partial charge in [-0.2, -0.15) is 5.10 Å². The Morgan fingerprint density at radius 1 is 1.36 bits per heavy atom. The molecule has 0 spiro atoms. The average Bonchev–Trinajstić information content (AvgIpc) is 2.32. The van der Waals surface area contributed by atoms with Gasteiger partial charge < -0.3 is 12.9 Å². The van der Waals surface area contributed by atoms with Gasteiger partial charge in [-0.15, -0.1) is 0 Å². The molecule has 0 unspecified atom stereocenters. The number of nitrogens with zero attached hydrogens (tertiary/aromatic N) is 2. The Labute approximate surface area is 119 Å². The molecule has 74 valence electrons. The van der Waals surface area contributed by atoms with Crippen LogP contribution < -0.4 is 56.8 Å². The number of aromatic nitrogens is 2. The number of rotatable bonds is 3. The molecule has 0 N–H and O–H groups in total. The first kappa shape index (κ1) is 14.6. The summed E-state index contributed by atoms with van der Waals surface area (Å²) in [5, 5.41) is 3.16. The molecule has 1 heterocycles. The van der Waals surface area contributed by atoms with Crippen LogP contribution in [0.1, 0.15) is 0 Å². The zero-order valence-electron chi connectivity index (χ0n) is 7.30. The third kappa shape index (κ3) is 4.39. The summed E-state index contributed by atoms with van der Waals surface area (Å²) in [5.74, 6) is 0. The molecule has 0 bridgehead atoms. The van der Waals surface area contributed by atoms with E-state index in [0.29, 0.717) is 17.1 Å². The molecule has 9 heteroatoms. The van der Waals surface area contributed by atoms with E-state index in [2.05, 4.69) is 5.10 Å². The van der Waals surface area contributed by atoms with E-state index in [-0.39, 0.29) is 51.4 Å². The van der Waals surface area contributed by atoms with E-state index in [1.165, 1.54) is 0 Å². The third-order valence-electron chi connectivity index (χ3n) is 1.36. The molecule has 0 fully saturated rings. The van der Waals surface area contributed by atoms with Crippen molar-refractivity contribution >= 4 is 12.4 Å². The van der Waals surface area contributed by atoms with Crippen LogP contribution in [0.25, 0.3) is 0 Å². The van der Waals surface area contributed by atoms with E-state index < -0.39 is 25.4 Å². The second-order valence-electron chi connectivity index (χ2n) is 2.46. The first-order chi connectivity index (χ1) is 5.89. The van der Waals surface area contributed by atoms with E-state index in [0.717, 1.165) is 0 Å². The van der Waals surface area contributed by atoms with E-state index in [1.807, 2.05) is 0 Å². The largest absolute Gasteiger partial charge is 1.00 e. The van der Waals surface area contributed by atoms with E-state index in [4.69, 9.17) is 0 Å². The van der Waals surface area contributed by atoms with Gasteiger partial charge in [0, 0.05) is 6.20 Å². The quantitative estimate of drug-likeness (QED) is 0.449. The molecule has 0 aromatic carbocycles. The normalized spacial score (nSPS) is 11.6. The van der Waals surface area contributed by atoms with Crippen molar-refractivity contribution in [2.45, 2.75) is 13.0 Å². The summed E-state index contributed by atoms with van der Waals surface area (Å²) in [7, 11) is 0. The summed E-state index contributed by atoms with van der Waals surface area (Å²) in [4.78, 5) is 0. The molecule has 0 saturated heterocycles. The van der Waals surface area contributed by atoms with Crippen LogP contribution in [0.3, 0.4) is 0 Å². The van der Waals surface area contributed by atoms with E-state index in [9.17, 15) is 21.7 Å². The van der Waals surface area contributed by atoms with Gasteiger partial charge in [0.15, 0.2) is 0 Å². The zero-order chi connectivity index (χ0) is 10.1. The van der Waals surface area contributed by atoms with Crippen molar-refractivity contribution in [3.63, 3.8) is 0 Å². The van der Waals surface area contributed by atoms with Gasteiger partial charge in [0.05, 0.1) is 0 Å². The van der Waals surface area contributed by atoms with Gasteiger partial charge in [-0.1, -0.05) is 5.46 Å². The first-order valence-electron chi connectivity index (χ1n) is 3.40. The Morgan fingerprint density at radius 2 is 1.93 bits per heavy atom. The summed E-state index contributed by atoms with van der Waals surface area (Å²) in [6.45, 7) is -5.95. The van der Waals surface area contributed by atoms with Crippen molar-refractivity contribution in [2.75, 3.05) is 0 Å². The standard InChI is InChI=1S/C5H5BF5N2.K/c7-5(8)3-13-2-4(1-12-13)6(9,10)11;/h1-2,5H,3H2;/q-1;+1. The van der Waals surface area contributed by atoms with Crippen molar-refractivity contribution in [3.05, 3.63) is 12.4 Å². The summed E-state index contributed by atoms with van der Waals surface area (Å²) in [5.41, 5.74) is -0.958. The van der Waals surface area contributed by atoms with Gasteiger partial charge in [0.1, 0.15) is 6.54 Å². The smallest absolute Gasteiger partial charge is 0.445 e. The molecule has 0 aliphatic rings. The fourth-order valence-corrected chi connectivity index (χ4v) is 0.790. The van der Waals surface area contributed by atoms with Crippen molar-refractivity contribution in [1.82, 2.24) is 9.78 Å². The van der Waals surface area contributed by atoms with Crippen molar-refractivity contribution in [1.29, 1.82) is 0 Å². The topological polar surface area (TPSA) is 17.8 Å². The molecule has 1 rings (SSSR count). The van der Waals surface area contributed by atoms with Crippen molar-refractivity contribution in [2.24, 2.45) is 0 Å². The fourth-order valence-electron chi connectivity index (χ4n) is 0.790. The Balaban J connectivity index is 0.00000169. The van der Waals surface area contributed by atoms with Crippen LogP contribution in [0, 0.1) is 0 Å². The van der Waals surface area contributed by atoms with Crippen LogP contribution in [0.4, 0.5) is 21.7 Å². The number of hydrogen-bond acceptors (Lipinski definition) is 1. The maximum absolute atomic E-state index is 12.0. The van der Waals surface area contributed by atoms with Crippen LogP contribution in [-0.4, -0.2) is 23.2 Å². The zero-order valence-corrected chi connectivity index (χ0v) is 10.4. The minimum Gasteiger partial charge on any atom is -0.445 e. The molecule has 1 aromatic rings. The van der Waals surface area contributed by atoms with Crippen LogP contribution in [0.5, 0.6) is 0 Å². The van der Waals surface area contributed by atoms with Crippen LogP contribution in [-0.2, 0) is 6.54 Å². The Kier molecular flexibility index (Phi) is 5.82. The van der Waals surface area contributed by atoms with Gasteiger partial charge in [-0.25, -0.2) is 8.78 Å². The van der Waals surface area contributed by atoms with Crippen LogP contribution in [0.15, 0.2) is 12.4 Å². The molecule has 2 nitrogen and oxygen atoms in total.